The summed E-state index contributed by atoms with van der Waals surface area (Å²) in [6.07, 6.45) is 5.47. The standard InChI is InChI=1S/C20H17Cl3N2O2/c1-14-24-8-9-25(14)13-20(15-2-4-16(21)5-3-15)27-11-10-26-19-7-6-17(22)12-18(19)23/h2-9,12-13H,10-11H2,1H3. The van der Waals surface area contributed by atoms with E-state index in [0.29, 0.717) is 39.8 Å². The summed E-state index contributed by atoms with van der Waals surface area (Å²) < 4.78 is 13.5. The predicted molar refractivity (Wildman–Crippen MR) is 110 cm³/mol. The molecule has 27 heavy (non-hydrogen) atoms. The van der Waals surface area contributed by atoms with Crippen molar-refractivity contribution in [3.05, 3.63) is 81.3 Å². The van der Waals surface area contributed by atoms with Gasteiger partial charge in [-0.05, 0) is 49.4 Å². The van der Waals surface area contributed by atoms with E-state index in [1.807, 2.05) is 48.2 Å². The maximum atomic E-state index is 6.11. The average Bonchev–Trinajstić information content (AvgIpc) is 3.04. The van der Waals surface area contributed by atoms with Crippen LogP contribution in [0, 0.1) is 6.92 Å². The summed E-state index contributed by atoms with van der Waals surface area (Å²) in [5.74, 6) is 2.10. The number of ether oxygens (including phenoxy) is 2. The molecule has 0 aliphatic carbocycles. The second kappa shape index (κ2) is 9.18. The van der Waals surface area contributed by atoms with Gasteiger partial charge in [0.1, 0.15) is 30.5 Å². The third kappa shape index (κ3) is 5.42. The van der Waals surface area contributed by atoms with Gasteiger partial charge >= 0.3 is 0 Å². The first-order valence-corrected chi connectivity index (χ1v) is 9.34. The molecule has 0 unspecified atom stereocenters. The second-order valence-electron chi connectivity index (χ2n) is 5.65. The largest absolute Gasteiger partial charge is 0.488 e. The van der Waals surface area contributed by atoms with E-state index in [-0.39, 0.29) is 0 Å². The number of halogens is 3. The number of imidazole rings is 1. The van der Waals surface area contributed by atoms with Crippen LogP contribution in [0.25, 0.3) is 12.0 Å². The number of rotatable bonds is 7. The molecule has 0 spiro atoms. The Bertz CT molecular complexity index is 937. The highest BCUT2D eigenvalue weighted by Crippen LogP contribution is 2.27. The van der Waals surface area contributed by atoms with Gasteiger partial charge in [0.25, 0.3) is 0 Å². The van der Waals surface area contributed by atoms with Crippen LogP contribution in [-0.4, -0.2) is 22.8 Å². The van der Waals surface area contributed by atoms with Gasteiger partial charge < -0.3 is 14.0 Å². The van der Waals surface area contributed by atoms with Crippen molar-refractivity contribution in [2.24, 2.45) is 0 Å². The highest BCUT2D eigenvalue weighted by Gasteiger charge is 2.07. The van der Waals surface area contributed by atoms with Gasteiger partial charge in [-0.2, -0.15) is 0 Å². The van der Waals surface area contributed by atoms with Crippen LogP contribution in [0.3, 0.4) is 0 Å². The third-order valence-corrected chi connectivity index (χ3v) is 4.52. The summed E-state index contributed by atoms with van der Waals surface area (Å²) >= 11 is 18.0. The molecule has 0 saturated heterocycles. The maximum absolute atomic E-state index is 6.11. The molecule has 4 nitrogen and oxygen atoms in total. The number of aromatic nitrogens is 2. The van der Waals surface area contributed by atoms with E-state index in [9.17, 15) is 0 Å². The van der Waals surface area contributed by atoms with Crippen LogP contribution in [0.15, 0.2) is 54.9 Å². The Morgan fingerprint density at radius 2 is 1.78 bits per heavy atom. The molecule has 0 amide bonds. The van der Waals surface area contributed by atoms with Crippen LogP contribution in [0.4, 0.5) is 0 Å². The Labute approximate surface area is 172 Å². The minimum Gasteiger partial charge on any atom is -0.488 e. The van der Waals surface area contributed by atoms with Crippen molar-refractivity contribution in [1.29, 1.82) is 0 Å². The van der Waals surface area contributed by atoms with E-state index in [1.54, 1.807) is 24.4 Å². The molecule has 7 heteroatoms. The van der Waals surface area contributed by atoms with E-state index in [4.69, 9.17) is 44.3 Å². The number of aryl methyl sites for hydroxylation is 1. The third-order valence-electron chi connectivity index (χ3n) is 3.74. The van der Waals surface area contributed by atoms with Crippen LogP contribution in [0.1, 0.15) is 11.4 Å². The van der Waals surface area contributed by atoms with Crippen molar-refractivity contribution >= 4 is 46.8 Å². The zero-order valence-corrected chi connectivity index (χ0v) is 16.8. The molecule has 0 atom stereocenters. The van der Waals surface area contributed by atoms with Crippen LogP contribution >= 0.6 is 34.8 Å². The minimum absolute atomic E-state index is 0.329. The first-order valence-electron chi connectivity index (χ1n) is 8.21. The Kier molecular flexibility index (Phi) is 6.67. The average molecular weight is 424 g/mol. The topological polar surface area (TPSA) is 36.3 Å². The highest BCUT2D eigenvalue weighted by molar-refractivity contribution is 6.35. The van der Waals surface area contributed by atoms with Gasteiger partial charge in [-0.15, -0.1) is 0 Å². The molecule has 0 bridgehead atoms. The van der Waals surface area contributed by atoms with Gasteiger partial charge in [0.2, 0.25) is 0 Å². The van der Waals surface area contributed by atoms with Crippen molar-refractivity contribution in [3.8, 4) is 5.75 Å². The molecule has 0 fully saturated rings. The Morgan fingerprint density at radius 1 is 1.04 bits per heavy atom. The zero-order valence-electron chi connectivity index (χ0n) is 14.5. The van der Waals surface area contributed by atoms with E-state index in [2.05, 4.69) is 4.98 Å². The predicted octanol–water partition coefficient (Wildman–Crippen LogP) is 6.20. The lowest BCUT2D eigenvalue weighted by Gasteiger charge is -2.13. The lowest BCUT2D eigenvalue weighted by molar-refractivity contribution is 0.195. The summed E-state index contributed by atoms with van der Waals surface area (Å²) in [5, 5.41) is 1.69. The number of hydrogen-bond acceptors (Lipinski definition) is 3. The molecule has 2 aromatic carbocycles. The first-order chi connectivity index (χ1) is 13.0. The van der Waals surface area contributed by atoms with Crippen molar-refractivity contribution in [2.45, 2.75) is 6.92 Å². The molecule has 0 radical (unpaired) electrons. The van der Waals surface area contributed by atoms with Gasteiger partial charge in [-0.1, -0.05) is 34.8 Å². The molecule has 1 aromatic heterocycles. The van der Waals surface area contributed by atoms with Gasteiger partial charge in [0, 0.05) is 28.0 Å². The van der Waals surface area contributed by atoms with E-state index < -0.39 is 0 Å². The summed E-state index contributed by atoms with van der Waals surface area (Å²) in [7, 11) is 0. The van der Waals surface area contributed by atoms with Crippen molar-refractivity contribution in [1.82, 2.24) is 9.55 Å². The molecule has 0 aliphatic rings. The zero-order chi connectivity index (χ0) is 19.2. The monoisotopic (exact) mass is 422 g/mol. The summed E-state index contributed by atoms with van der Waals surface area (Å²) in [5.41, 5.74) is 0.900. The molecule has 3 aromatic rings. The SMILES string of the molecule is Cc1nccn1C=C(OCCOc1ccc(Cl)cc1Cl)c1ccc(Cl)cc1. The molecule has 1 heterocycles. The van der Waals surface area contributed by atoms with Gasteiger partial charge in [-0.25, -0.2) is 4.98 Å². The van der Waals surface area contributed by atoms with Gasteiger partial charge in [-0.3, -0.25) is 0 Å². The normalized spacial score (nSPS) is 11.5. The summed E-state index contributed by atoms with van der Waals surface area (Å²) in [6.45, 7) is 2.58. The molecule has 0 aliphatic heterocycles. The maximum Gasteiger partial charge on any atom is 0.143 e. The Hall–Kier alpha value is -2.14. The fraction of sp³-hybridized carbons (Fsp3) is 0.150. The van der Waals surface area contributed by atoms with Crippen molar-refractivity contribution in [3.63, 3.8) is 0 Å². The fourth-order valence-corrected chi connectivity index (χ4v) is 2.94. The second-order valence-corrected chi connectivity index (χ2v) is 6.93. The lowest BCUT2D eigenvalue weighted by Crippen LogP contribution is -2.07. The highest BCUT2D eigenvalue weighted by atomic mass is 35.5. The number of nitrogens with zero attached hydrogens (tertiary/aromatic N) is 2. The van der Waals surface area contributed by atoms with E-state index in [0.717, 1.165) is 11.4 Å². The molecular formula is C20H17Cl3N2O2. The minimum atomic E-state index is 0.329. The summed E-state index contributed by atoms with van der Waals surface area (Å²) in [4.78, 5) is 4.22. The molecular weight excluding hydrogens is 407 g/mol. The van der Waals surface area contributed by atoms with Gasteiger partial charge in [0.15, 0.2) is 0 Å². The number of hydrogen-bond donors (Lipinski definition) is 0. The quantitative estimate of drug-likeness (QED) is 0.335. The van der Waals surface area contributed by atoms with Crippen LogP contribution in [0.2, 0.25) is 15.1 Å². The molecule has 140 valence electrons. The van der Waals surface area contributed by atoms with Crippen molar-refractivity contribution in [2.75, 3.05) is 13.2 Å². The smallest absolute Gasteiger partial charge is 0.143 e. The van der Waals surface area contributed by atoms with Crippen LogP contribution in [-0.2, 0) is 4.74 Å². The Morgan fingerprint density at radius 3 is 2.44 bits per heavy atom. The fourth-order valence-electron chi connectivity index (χ4n) is 2.36. The Balaban J connectivity index is 1.69. The first kappa shape index (κ1) is 19.6. The van der Waals surface area contributed by atoms with E-state index >= 15 is 0 Å². The van der Waals surface area contributed by atoms with Crippen LogP contribution < -0.4 is 4.74 Å². The lowest BCUT2D eigenvalue weighted by atomic mass is 10.2. The van der Waals surface area contributed by atoms with Gasteiger partial charge in [0.05, 0.1) is 11.2 Å². The number of benzene rings is 2. The molecule has 0 saturated carbocycles. The van der Waals surface area contributed by atoms with E-state index in [1.165, 1.54) is 0 Å². The summed E-state index contributed by atoms with van der Waals surface area (Å²) in [6, 6.07) is 12.5. The van der Waals surface area contributed by atoms with Crippen molar-refractivity contribution < 1.29 is 9.47 Å². The molecule has 3 rings (SSSR count). The van der Waals surface area contributed by atoms with Crippen LogP contribution in [0.5, 0.6) is 5.75 Å². The molecule has 0 N–H and O–H groups in total.